The van der Waals surface area contributed by atoms with Crippen LogP contribution in [0.4, 0.5) is 11.4 Å². The van der Waals surface area contributed by atoms with Crippen LogP contribution in [-0.4, -0.2) is 11.1 Å². The molecule has 108 valence electrons. The zero-order valence-corrected chi connectivity index (χ0v) is 12.0. The van der Waals surface area contributed by atoms with Crippen molar-refractivity contribution >= 4 is 17.6 Å². The van der Waals surface area contributed by atoms with Gasteiger partial charge >= 0.3 is 0 Å². The van der Waals surface area contributed by atoms with Gasteiger partial charge in [-0.15, -0.1) is 0 Å². The summed E-state index contributed by atoms with van der Waals surface area (Å²) < 4.78 is 0. The first-order valence-electron chi connectivity index (χ1n) is 6.70. The highest BCUT2D eigenvalue weighted by atomic mass is 16.6. The Morgan fingerprint density at radius 2 is 1.71 bits per heavy atom. The molecule has 2 rings (SSSR count). The van der Waals surface area contributed by atoms with E-state index in [0.29, 0.717) is 11.6 Å². The first-order chi connectivity index (χ1) is 10.1. The van der Waals surface area contributed by atoms with Crippen LogP contribution in [0.15, 0.2) is 53.6 Å². The number of rotatable bonds is 5. The number of nitro groups is 1. The maximum atomic E-state index is 10.5. The van der Waals surface area contributed by atoms with E-state index in [1.165, 1.54) is 17.7 Å². The van der Waals surface area contributed by atoms with Crippen LogP contribution in [0, 0.1) is 10.1 Å². The van der Waals surface area contributed by atoms with Crippen LogP contribution in [-0.2, 0) is 0 Å². The number of non-ortho nitro benzene ring substituents is 1. The Morgan fingerprint density at radius 3 is 2.24 bits per heavy atom. The van der Waals surface area contributed by atoms with Gasteiger partial charge in [-0.2, -0.15) is 5.10 Å². The van der Waals surface area contributed by atoms with Crippen LogP contribution in [0.5, 0.6) is 0 Å². The molecule has 2 aromatic rings. The molecule has 0 spiro atoms. The van der Waals surface area contributed by atoms with Gasteiger partial charge in [-0.25, -0.2) is 0 Å². The summed E-state index contributed by atoms with van der Waals surface area (Å²) >= 11 is 0. The van der Waals surface area contributed by atoms with Crippen molar-refractivity contribution in [3.8, 4) is 0 Å². The predicted octanol–water partition coefficient (Wildman–Crippen LogP) is 4.16. The molecule has 0 fully saturated rings. The van der Waals surface area contributed by atoms with Gasteiger partial charge in [-0.3, -0.25) is 15.5 Å². The van der Waals surface area contributed by atoms with Crippen LogP contribution in [0.25, 0.3) is 0 Å². The number of hydrazone groups is 1. The molecule has 0 heterocycles. The topological polar surface area (TPSA) is 67.5 Å². The van der Waals surface area contributed by atoms with Crippen LogP contribution in [0.2, 0.25) is 0 Å². The second-order valence-electron chi connectivity index (χ2n) is 5.00. The van der Waals surface area contributed by atoms with Crippen LogP contribution >= 0.6 is 0 Å². The van der Waals surface area contributed by atoms with Crippen LogP contribution in [0.1, 0.15) is 30.9 Å². The zero-order chi connectivity index (χ0) is 15.2. The van der Waals surface area contributed by atoms with Gasteiger partial charge in [0.2, 0.25) is 0 Å². The largest absolute Gasteiger partial charge is 0.278 e. The molecule has 0 bridgehead atoms. The molecule has 0 saturated heterocycles. The second-order valence-corrected chi connectivity index (χ2v) is 5.00. The fourth-order valence-electron chi connectivity index (χ4n) is 1.81. The van der Waals surface area contributed by atoms with Crippen LogP contribution in [0.3, 0.4) is 0 Å². The maximum Gasteiger partial charge on any atom is 0.269 e. The Hall–Kier alpha value is -2.69. The summed E-state index contributed by atoms with van der Waals surface area (Å²) in [6.45, 7) is 4.30. The Kier molecular flexibility index (Phi) is 4.66. The molecule has 5 nitrogen and oxygen atoms in total. The van der Waals surface area contributed by atoms with Gasteiger partial charge in [-0.05, 0) is 29.2 Å². The van der Waals surface area contributed by atoms with Crippen molar-refractivity contribution in [1.29, 1.82) is 0 Å². The molecule has 0 aliphatic heterocycles. The molecule has 0 unspecified atom stereocenters. The Balaban J connectivity index is 1.97. The standard InChI is InChI=1S/C16H17N3O2/c1-12(2)14-5-3-13(4-6-14)11-17-18-15-7-9-16(10-8-15)19(20)21/h3-12,18H,1-2H3/b17-11+. The first kappa shape index (κ1) is 14.7. The van der Waals surface area contributed by atoms with Crippen molar-refractivity contribution in [2.24, 2.45) is 5.10 Å². The summed E-state index contributed by atoms with van der Waals surface area (Å²) in [4.78, 5) is 10.1. The van der Waals surface area contributed by atoms with Crippen LogP contribution < -0.4 is 5.43 Å². The third kappa shape index (κ3) is 4.14. The van der Waals surface area contributed by atoms with Gasteiger partial charge in [-0.1, -0.05) is 38.1 Å². The summed E-state index contributed by atoms with van der Waals surface area (Å²) in [5.41, 5.74) is 5.89. The molecule has 0 radical (unpaired) electrons. The zero-order valence-electron chi connectivity index (χ0n) is 12.0. The van der Waals surface area contributed by atoms with Crippen molar-refractivity contribution in [2.45, 2.75) is 19.8 Å². The van der Waals surface area contributed by atoms with E-state index in [2.05, 4.69) is 36.5 Å². The minimum Gasteiger partial charge on any atom is -0.278 e. The Morgan fingerprint density at radius 1 is 1.10 bits per heavy atom. The molecule has 1 N–H and O–H groups in total. The quantitative estimate of drug-likeness (QED) is 0.509. The highest BCUT2D eigenvalue weighted by molar-refractivity contribution is 5.80. The lowest BCUT2D eigenvalue weighted by Crippen LogP contribution is -1.93. The maximum absolute atomic E-state index is 10.5. The van der Waals surface area contributed by atoms with E-state index in [1.807, 2.05) is 12.1 Å². The van der Waals surface area contributed by atoms with Gasteiger partial charge < -0.3 is 0 Å². The SMILES string of the molecule is CC(C)c1ccc(/C=N/Nc2ccc([N+](=O)[O-])cc2)cc1. The molecule has 21 heavy (non-hydrogen) atoms. The third-order valence-electron chi connectivity index (χ3n) is 3.09. The lowest BCUT2D eigenvalue weighted by molar-refractivity contribution is -0.384. The molecular weight excluding hydrogens is 266 g/mol. The number of nitrogens with one attached hydrogen (secondary N) is 1. The number of nitro benzene ring substituents is 1. The van der Waals surface area contributed by atoms with Crippen molar-refractivity contribution in [3.63, 3.8) is 0 Å². The van der Waals surface area contributed by atoms with Gasteiger partial charge in [0.1, 0.15) is 0 Å². The van der Waals surface area contributed by atoms with E-state index in [0.717, 1.165) is 5.56 Å². The summed E-state index contributed by atoms with van der Waals surface area (Å²) in [6, 6.07) is 14.3. The van der Waals surface area contributed by atoms with Gasteiger partial charge in [0, 0.05) is 12.1 Å². The average molecular weight is 283 g/mol. The smallest absolute Gasteiger partial charge is 0.269 e. The summed E-state index contributed by atoms with van der Waals surface area (Å²) in [6.07, 6.45) is 1.71. The van der Waals surface area contributed by atoms with E-state index in [-0.39, 0.29) is 5.69 Å². The fourth-order valence-corrected chi connectivity index (χ4v) is 1.81. The molecule has 5 heteroatoms. The molecule has 0 atom stereocenters. The summed E-state index contributed by atoms with van der Waals surface area (Å²) in [5, 5.41) is 14.7. The molecule has 0 aromatic heterocycles. The second kappa shape index (κ2) is 6.65. The van der Waals surface area contributed by atoms with Crippen molar-refractivity contribution in [3.05, 3.63) is 69.8 Å². The summed E-state index contributed by atoms with van der Waals surface area (Å²) in [5.74, 6) is 0.509. The van der Waals surface area contributed by atoms with E-state index in [4.69, 9.17) is 0 Å². The highest BCUT2D eigenvalue weighted by Crippen LogP contribution is 2.16. The lowest BCUT2D eigenvalue weighted by atomic mass is 10.0. The number of anilines is 1. The van der Waals surface area contributed by atoms with E-state index in [9.17, 15) is 10.1 Å². The fraction of sp³-hybridized carbons (Fsp3) is 0.188. The first-order valence-corrected chi connectivity index (χ1v) is 6.70. The number of nitrogens with zero attached hydrogens (tertiary/aromatic N) is 2. The Labute approximate surface area is 123 Å². The van der Waals surface area contributed by atoms with Gasteiger partial charge in [0.05, 0.1) is 16.8 Å². The van der Waals surface area contributed by atoms with E-state index < -0.39 is 4.92 Å². The van der Waals surface area contributed by atoms with Crippen molar-refractivity contribution < 1.29 is 4.92 Å². The monoisotopic (exact) mass is 283 g/mol. The number of hydrogen-bond acceptors (Lipinski definition) is 4. The van der Waals surface area contributed by atoms with Crippen molar-refractivity contribution in [2.75, 3.05) is 5.43 Å². The molecule has 2 aromatic carbocycles. The average Bonchev–Trinajstić information content (AvgIpc) is 2.48. The lowest BCUT2D eigenvalue weighted by Gasteiger charge is -2.04. The normalized spacial score (nSPS) is 11.0. The molecular formula is C16H17N3O2. The minimum absolute atomic E-state index is 0.0637. The van der Waals surface area contributed by atoms with Gasteiger partial charge in [0.25, 0.3) is 5.69 Å². The molecule has 0 aliphatic carbocycles. The van der Waals surface area contributed by atoms with E-state index >= 15 is 0 Å². The summed E-state index contributed by atoms with van der Waals surface area (Å²) in [7, 11) is 0. The predicted molar refractivity (Wildman–Crippen MR) is 84.8 cm³/mol. The highest BCUT2D eigenvalue weighted by Gasteiger charge is 2.02. The molecule has 0 amide bonds. The van der Waals surface area contributed by atoms with Gasteiger partial charge in [0.15, 0.2) is 0 Å². The molecule has 0 saturated carbocycles. The Bertz CT molecular complexity index is 632. The number of benzene rings is 2. The number of hydrogen-bond donors (Lipinski definition) is 1. The minimum atomic E-state index is -0.427. The van der Waals surface area contributed by atoms with Crippen molar-refractivity contribution in [1.82, 2.24) is 0 Å². The molecule has 0 aliphatic rings. The van der Waals surface area contributed by atoms with E-state index in [1.54, 1.807) is 18.3 Å². The third-order valence-corrected chi connectivity index (χ3v) is 3.09.